The number of aliphatic hydroxyl groups is 1. The molecule has 6 heteroatoms. The molecule has 3 N–H and O–H groups in total. The summed E-state index contributed by atoms with van der Waals surface area (Å²) in [6.45, 7) is -0.247. The van der Waals surface area contributed by atoms with Gasteiger partial charge in [-0.05, 0) is 24.1 Å². The van der Waals surface area contributed by atoms with E-state index in [1.54, 1.807) is 12.1 Å². The number of hydrogen-bond donors (Lipinski definition) is 3. The zero-order valence-corrected chi connectivity index (χ0v) is 11.9. The molecule has 0 aliphatic rings. The van der Waals surface area contributed by atoms with E-state index < -0.39 is 17.9 Å². The molecule has 1 aromatic carbocycles. The monoisotopic (exact) mass is 299 g/mol. The Labute approximate surface area is 128 Å². The average molecular weight is 299 g/mol. The van der Waals surface area contributed by atoms with E-state index in [9.17, 15) is 14.7 Å². The molecule has 0 bridgehead atoms. The first-order valence-corrected chi connectivity index (χ1v) is 6.85. The molecule has 0 saturated heterocycles. The highest BCUT2D eigenvalue weighted by Crippen LogP contribution is 2.04. The third-order valence-electron chi connectivity index (χ3n) is 3.02. The fraction of sp³-hybridized carbons (Fsp3) is 0.188. The standard InChI is InChI=1S/C16H17N3O3/c20-11-14(10-12-4-2-1-3-5-12)19-16(22)15(21)18-13-6-8-17-9-7-13/h1-9,14,20H,10-11H2,(H,19,22)(H,17,18,21). The number of benzene rings is 1. The van der Waals surface area contributed by atoms with Crippen molar-refractivity contribution in [3.63, 3.8) is 0 Å². The van der Waals surface area contributed by atoms with Crippen LogP contribution in [0.15, 0.2) is 54.9 Å². The van der Waals surface area contributed by atoms with Crippen LogP contribution in [-0.2, 0) is 16.0 Å². The first-order valence-electron chi connectivity index (χ1n) is 6.85. The zero-order chi connectivity index (χ0) is 15.8. The van der Waals surface area contributed by atoms with Crippen LogP contribution in [0, 0.1) is 0 Å². The Morgan fingerprint density at radius 3 is 2.36 bits per heavy atom. The van der Waals surface area contributed by atoms with Crippen LogP contribution in [0.5, 0.6) is 0 Å². The van der Waals surface area contributed by atoms with Crippen LogP contribution in [0.25, 0.3) is 0 Å². The minimum Gasteiger partial charge on any atom is -0.394 e. The van der Waals surface area contributed by atoms with Gasteiger partial charge < -0.3 is 15.7 Å². The first kappa shape index (κ1) is 15.7. The summed E-state index contributed by atoms with van der Waals surface area (Å²) < 4.78 is 0. The second kappa shape index (κ2) is 7.90. The average Bonchev–Trinajstić information content (AvgIpc) is 2.56. The molecular formula is C16H17N3O3. The molecule has 1 heterocycles. The van der Waals surface area contributed by atoms with Crippen LogP contribution in [0.2, 0.25) is 0 Å². The van der Waals surface area contributed by atoms with E-state index in [0.29, 0.717) is 12.1 Å². The molecule has 2 rings (SSSR count). The Kier molecular flexibility index (Phi) is 5.62. The number of carbonyl (C=O) groups is 2. The summed E-state index contributed by atoms with van der Waals surface area (Å²) >= 11 is 0. The second-order valence-electron chi connectivity index (χ2n) is 4.73. The van der Waals surface area contributed by atoms with Crippen molar-refractivity contribution in [1.29, 1.82) is 0 Å². The largest absolute Gasteiger partial charge is 0.394 e. The smallest absolute Gasteiger partial charge is 0.313 e. The summed E-state index contributed by atoms with van der Waals surface area (Å²) in [5, 5.41) is 14.3. The van der Waals surface area contributed by atoms with Crippen LogP contribution in [0.3, 0.4) is 0 Å². The Morgan fingerprint density at radius 1 is 1.05 bits per heavy atom. The number of hydrogen-bond acceptors (Lipinski definition) is 4. The number of nitrogens with zero attached hydrogens (tertiary/aromatic N) is 1. The van der Waals surface area contributed by atoms with Crippen molar-refractivity contribution in [2.75, 3.05) is 11.9 Å². The Hall–Kier alpha value is -2.73. The van der Waals surface area contributed by atoms with Gasteiger partial charge in [-0.3, -0.25) is 14.6 Å². The highest BCUT2D eigenvalue weighted by molar-refractivity contribution is 6.39. The molecule has 0 spiro atoms. The van der Waals surface area contributed by atoms with Gasteiger partial charge in [0.25, 0.3) is 0 Å². The lowest BCUT2D eigenvalue weighted by Crippen LogP contribution is -2.44. The van der Waals surface area contributed by atoms with Crippen molar-refractivity contribution >= 4 is 17.5 Å². The van der Waals surface area contributed by atoms with Crippen LogP contribution in [-0.4, -0.2) is 34.6 Å². The molecule has 6 nitrogen and oxygen atoms in total. The quantitative estimate of drug-likeness (QED) is 0.710. The maximum Gasteiger partial charge on any atom is 0.313 e. The van der Waals surface area contributed by atoms with Crippen molar-refractivity contribution in [3.8, 4) is 0 Å². The molecule has 1 atom stereocenters. The number of aliphatic hydroxyl groups excluding tert-OH is 1. The predicted molar refractivity (Wildman–Crippen MR) is 82.0 cm³/mol. The van der Waals surface area contributed by atoms with Crippen molar-refractivity contribution in [3.05, 3.63) is 60.4 Å². The second-order valence-corrected chi connectivity index (χ2v) is 4.73. The van der Waals surface area contributed by atoms with E-state index in [4.69, 9.17) is 0 Å². The summed E-state index contributed by atoms with van der Waals surface area (Å²) in [6.07, 6.45) is 3.48. The molecule has 22 heavy (non-hydrogen) atoms. The van der Waals surface area contributed by atoms with Gasteiger partial charge in [0.2, 0.25) is 0 Å². The molecule has 0 aliphatic carbocycles. The SMILES string of the molecule is O=C(Nc1ccncc1)C(=O)NC(CO)Cc1ccccc1. The van der Waals surface area contributed by atoms with Gasteiger partial charge in [-0.1, -0.05) is 30.3 Å². The summed E-state index contributed by atoms with van der Waals surface area (Å²) in [5.74, 6) is -1.57. The third kappa shape index (κ3) is 4.68. The maximum absolute atomic E-state index is 11.9. The zero-order valence-electron chi connectivity index (χ0n) is 11.9. The van der Waals surface area contributed by atoms with E-state index in [2.05, 4.69) is 15.6 Å². The predicted octanol–water partition coefficient (Wildman–Crippen LogP) is 0.740. The number of amides is 2. The lowest BCUT2D eigenvalue weighted by atomic mass is 10.1. The van der Waals surface area contributed by atoms with E-state index in [1.807, 2.05) is 30.3 Å². The number of rotatable bonds is 5. The highest BCUT2D eigenvalue weighted by atomic mass is 16.3. The van der Waals surface area contributed by atoms with Crippen molar-refractivity contribution in [2.45, 2.75) is 12.5 Å². The van der Waals surface area contributed by atoms with Gasteiger partial charge in [-0.25, -0.2) is 0 Å². The van der Waals surface area contributed by atoms with Gasteiger partial charge >= 0.3 is 11.8 Å². The topological polar surface area (TPSA) is 91.3 Å². The highest BCUT2D eigenvalue weighted by Gasteiger charge is 2.18. The molecule has 0 aliphatic heterocycles. The van der Waals surface area contributed by atoms with E-state index in [-0.39, 0.29) is 6.61 Å². The number of aromatic nitrogens is 1. The Bertz CT molecular complexity index is 617. The van der Waals surface area contributed by atoms with Crippen molar-refractivity contribution in [2.24, 2.45) is 0 Å². The van der Waals surface area contributed by atoms with Gasteiger partial charge in [-0.15, -0.1) is 0 Å². The number of pyridine rings is 1. The van der Waals surface area contributed by atoms with Crippen LogP contribution in [0.1, 0.15) is 5.56 Å². The molecule has 2 amide bonds. The summed E-state index contributed by atoms with van der Waals surface area (Å²) in [6, 6.07) is 12.1. The normalized spacial score (nSPS) is 11.5. The van der Waals surface area contributed by atoms with E-state index >= 15 is 0 Å². The molecule has 0 radical (unpaired) electrons. The summed E-state index contributed by atoms with van der Waals surface area (Å²) in [4.78, 5) is 27.5. The Morgan fingerprint density at radius 2 is 1.73 bits per heavy atom. The van der Waals surface area contributed by atoms with E-state index in [0.717, 1.165) is 5.56 Å². The lowest BCUT2D eigenvalue weighted by molar-refractivity contribution is -0.136. The number of nitrogens with one attached hydrogen (secondary N) is 2. The fourth-order valence-corrected chi connectivity index (χ4v) is 1.93. The number of carbonyl (C=O) groups excluding carboxylic acids is 2. The maximum atomic E-state index is 11.9. The number of anilines is 1. The van der Waals surface area contributed by atoms with Gasteiger partial charge in [-0.2, -0.15) is 0 Å². The first-order chi connectivity index (χ1) is 10.7. The Balaban J connectivity index is 1.90. The van der Waals surface area contributed by atoms with Gasteiger partial charge in [0, 0.05) is 18.1 Å². The van der Waals surface area contributed by atoms with Crippen LogP contribution < -0.4 is 10.6 Å². The summed E-state index contributed by atoms with van der Waals surface area (Å²) in [7, 11) is 0. The molecule has 1 aromatic heterocycles. The van der Waals surface area contributed by atoms with Crippen molar-refractivity contribution < 1.29 is 14.7 Å². The minimum absolute atomic E-state index is 0.247. The molecule has 0 saturated carbocycles. The van der Waals surface area contributed by atoms with Crippen molar-refractivity contribution in [1.82, 2.24) is 10.3 Å². The molecular weight excluding hydrogens is 282 g/mol. The molecule has 0 fully saturated rings. The van der Waals surface area contributed by atoms with E-state index in [1.165, 1.54) is 12.4 Å². The lowest BCUT2D eigenvalue weighted by Gasteiger charge is -2.16. The molecule has 114 valence electrons. The minimum atomic E-state index is -0.785. The van der Waals surface area contributed by atoms with Crippen LogP contribution >= 0.6 is 0 Å². The molecule has 1 unspecified atom stereocenters. The van der Waals surface area contributed by atoms with Crippen LogP contribution in [0.4, 0.5) is 5.69 Å². The van der Waals surface area contributed by atoms with Gasteiger partial charge in [0.15, 0.2) is 0 Å². The summed E-state index contributed by atoms with van der Waals surface area (Å²) in [5.41, 5.74) is 1.45. The van der Waals surface area contributed by atoms with Gasteiger partial charge in [0.1, 0.15) is 0 Å². The fourth-order valence-electron chi connectivity index (χ4n) is 1.93. The molecule has 2 aromatic rings. The van der Waals surface area contributed by atoms with Gasteiger partial charge in [0.05, 0.1) is 12.6 Å². The third-order valence-corrected chi connectivity index (χ3v) is 3.02.